The van der Waals surface area contributed by atoms with Gasteiger partial charge in [0.1, 0.15) is 0 Å². The summed E-state index contributed by atoms with van der Waals surface area (Å²) in [5.74, 6) is -0.261. The van der Waals surface area contributed by atoms with Gasteiger partial charge >= 0.3 is 0 Å². The van der Waals surface area contributed by atoms with Crippen LogP contribution in [0.5, 0.6) is 0 Å². The van der Waals surface area contributed by atoms with Gasteiger partial charge in [-0.05, 0) is 24.1 Å². The lowest BCUT2D eigenvalue weighted by Crippen LogP contribution is -2.00. The molecule has 15 heavy (non-hydrogen) atoms. The molecule has 1 aromatic carbocycles. The molecule has 0 heterocycles. The van der Waals surface area contributed by atoms with Crippen molar-refractivity contribution < 1.29 is 0 Å². The van der Waals surface area contributed by atoms with Gasteiger partial charge in [-0.3, -0.25) is 0 Å². The first-order valence-electron chi connectivity index (χ1n) is 4.55. The molecular formula is C12H9N3. The molecule has 0 saturated heterocycles. The summed E-state index contributed by atoms with van der Waals surface area (Å²) in [6.07, 6.45) is 0.812. The Morgan fingerprint density at radius 2 is 1.73 bits per heavy atom. The maximum atomic E-state index is 8.77. The van der Waals surface area contributed by atoms with E-state index in [1.54, 1.807) is 12.1 Å². The van der Waals surface area contributed by atoms with Gasteiger partial charge in [0.15, 0.2) is 0 Å². The SMILES string of the molecule is N#CCC(C#N)Cc1ccc(C#N)cc1. The molecule has 0 aliphatic rings. The van der Waals surface area contributed by atoms with Crippen molar-refractivity contribution in [1.82, 2.24) is 0 Å². The summed E-state index contributed by atoms with van der Waals surface area (Å²) in [6, 6.07) is 13.2. The molecular weight excluding hydrogens is 186 g/mol. The highest BCUT2D eigenvalue weighted by Gasteiger charge is 2.07. The van der Waals surface area contributed by atoms with Crippen molar-refractivity contribution >= 4 is 0 Å². The molecule has 0 N–H and O–H groups in total. The number of rotatable bonds is 3. The second kappa shape index (κ2) is 5.43. The van der Waals surface area contributed by atoms with E-state index in [2.05, 4.69) is 6.07 Å². The Kier molecular flexibility index (Phi) is 3.90. The van der Waals surface area contributed by atoms with E-state index in [1.807, 2.05) is 24.3 Å². The third-order valence-corrected chi connectivity index (χ3v) is 2.09. The average Bonchev–Trinajstić information content (AvgIpc) is 2.29. The van der Waals surface area contributed by atoms with Crippen LogP contribution >= 0.6 is 0 Å². The predicted molar refractivity (Wildman–Crippen MR) is 54.2 cm³/mol. The smallest absolute Gasteiger partial charge is 0.0991 e. The van der Waals surface area contributed by atoms with Crippen molar-refractivity contribution in [2.75, 3.05) is 0 Å². The van der Waals surface area contributed by atoms with Gasteiger partial charge in [-0.2, -0.15) is 15.8 Å². The minimum atomic E-state index is -0.261. The monoisotopic (exact) mass is 195 g/mol. The Bertz CT molecular complexity index is 440. The molecule has 72 valence electrons. The fraction of sp³-hybridized carbons (Fsp3) is 0.250. The number of nitriles is 3. The molecule has 0 fully saturated rings. The van der Waals surface area contributed by atoms with Crippen LogP contribution in [0.15, 0.2) is 24.3 Å². The van der Waals surface area contributed by atoms with Crippen LogP contribution in [-0.2, 0) is 6.42 Å². The van der Waals surface area contributed by atoms with E-state index in [9.17, 15) is 0 Å². The van der Waals surface area contributed by atoms with E-state index in [0.717, 1.165) is 5.56 Å². The fourth-order valence-corrected chi connectivity index (χ4v) is 1.27. The summed E-state index contributed by atoms with van der Waals surface area (Å²) >= 11 is 0. The molecule has 1 atom stereocenters. The van der Waals surface area contributed by atoms with Gasteiger partial charge in [0, 0.05) is 0 Å². The summed E-state index contributed by atoms with van der Waals surface area (Å²) < 4.78 is 0. The predicted octanol–water partition coefficient (Wildman–Crippen LogP) is 2.15. The first-order valence-corrected chi connectivity index (χ1v) is 4.55. The van der Waals surface area contributed by atoms with E-state index < -0.39 is 0 Å². The summed E-state index contributed by atoms with van der Waals surface area (Å²) in [4.78, 5) is 0. The topological polar surface area (TPSA) is 71.4 Å². The highest BCUT2D eigenvalue weighted by molar-refractivity contribution is 5.32. The Hall–Kier alpha value is -2.31. The molecule has 0 radical (unpaired) electrons. The first-order chi connectivity index (χ1) is 7.30. The number of hydrogen-bond acceptors (Lipinski definition) is 3. The van der Waals surface area contributed by atoms with Crippen LogP contribution in [0, 0.1) is 39.9 Å². The second-order valence-electron chi connectivity index (χ2n) is 3.20. The maximum Gasteiger partial charge on any atom is 0.0991 e. The van der Waals surface area contributed by atoms with Crippen molar-refractivity contribution in [3.8, 4) is 18.2 Å². The van der Waals surface area contributed by atoms with Crippen molar-refractivity contribution in [2.45, 2.75) is 12.8 Å². The molecule has 1 rings (SSSR count). The lowest BCUT2D eigenvalue weighted by Gasteiger charge is -2.04. The van der Waals surface area contributed by atoms with Gasteiger partial charge in [0.2, 0.25) is 0 Å². The van der Waals surface area contributed by atoms with Gasteiger partial charge in [-0.25, -0.2) is 0 Å². The van der Waals surface area contributed by atoms with Crippen molar-refractivity contribution in [1.29, 1.82) is 15.8 Å². The fourth-order valence-electron chi connectivity index (χ4n) is 1.27. The van der Waals surface area contributed by atoms with Crippen LogP contribution in [0.1, 0.15) is 17.5 Å². The van der Waals surface area contributed by atoms with Crippen LogP contribution in [0.4, 0.5) is 0 Å². The van der Waals surface area contributed by atoms with Crippen LogP contribution in [0.3, 0.4) is 0 Å². The number of hydrogen-bond donors (Lipinski definition) is 0. The third kappa shape index (κ3) is 3.14. The van der Waals surface area contributed by atoms with Gasteiger partial charge in [-0.1, -0.05) is 12.1 Å². The summed E-state index contributed by atoms with van der Waals surface area (Å²) in [5.41, 5.74) is 1.59. The van der Waals surface area contributed by atoms with Gasteiger partial charge in [0.05, 0.1) is 36.1 Å². The Labute approximate surface area is 88.8 Å². The zero-order chi connectivity index (χ0) is 11.1. The minimum Gasteiger partial charge on any atom is -0.198 e. The number of nitrogens with zero attached hydrogens (tertiary/aromatic N) is 3. The van der Waals surface area contributed by atoms with Crippen LogP contribution in [0.2, 0.25) is 0 Å². The molecule has 1 aromatic rings. The lowest BCUT2D eigenvalue weighted by molar-refractivity contribution is 0.680. The Balaban J connectivity index is 2.70. The lowest BCUT2D eigenvalue weighted by atomic mass is 9.98. The normalized spacial score (nSPS) is 10.7. The summed E-state index contributed by atoms with van der Waals surface area (Å²) in [5, 5.41) is 25.8. The maximum absolute atomic E-state index is 8.77. The minimum absolute atomic E-state index is 0.247. The third-order valence-electron chi connectivity index (χ3n) is 2.09. The van der Waals surface area contributed by atoms with E-state index in [4.69, 9.17) is 15.8 Å². The average molecular weight is 195 g/mol. The summed E-state index contributed by atoms with van der Waals surface area (Å²) in [6.45, 7) is 0. The van der Waals surface area contributed by atoms with Crippen LogP contribution in [0.25, 0.3) is 0 Å². The molecule has 0 bridgehead atoms. The quantitative estimate of drug-likeness (QED) is 0.741. The molecule has 3 nitrogen and oxygen atoms in total. The highest BCUT2D eigenvalue weighted by Crippen LogP contribution is 2.12. The second-order valence-corrected chi connectivity index (χ2v) is 3.20. The van der Waals surface area contributed by atoms with Crippen molar-refractivity contribution in [3.63, 3.8) is 0 Å². The number of benzene rings is 1. The Morgan fingerprint density at radius 3 is 2.20 bits per heavy atom. The van der Waals surface area contributed by atoms with Crippen molar-refractivity contribution in [3.05, 3.63) is 35.4 Å². The van der Waals surface area contributed by atoms with E-state index >= 15 is 0 Å². The van der Waals surface area contributed by atoms with E-state index in [0.29, 0.717) is 12.0 Å². The summed E-state index contributed by atoms with van der Waals surface area (Å²) in [7, 11) is 0. The van der Waals surface area contributed by atoms with Crippen LogP contribution in [-0.4, -0.2) is 0 Å². The Morgan fingerprint density at radius 1 is 1.07 bits per heavy atom. The molecule has 0 saturated carbocycles. The van der Waals surface area contributed by atoms with Crippen molar-refractivity contribution in [2.24, 2.45) is 5.92 Å². The molecule has 0 aliphatic heterocycles. The molecule has 0 aliphatic carbocycles. The first kappa shape index (κ1) is 10.8. The van der Waals surface area contributed by atoms with Crippen LogP contribution < -0.4 is 0 Å². The molecule has 0 amide bonds. The van der Waals surface area contributed by atoms with Gasteiger partial charge in [-0.15, -0.1) is 0 Å². The van der Waals surface area contributed by atoms with E-state index in [-0.39, 0.29) is 12.3 Å². The molecule has 3 heteroatoms. The van der Waals surface area contributed by atoms with E-state index in [1.165, 1.54) is 0 Å². The molecule has 0 spiro atoms. The standard InChI is InChI=1S/C12H9N3/c13-6-5-12(9-15)7-10-1-3-11(8-14)4-2-10/h1-4,12H,5,7H2. The largest absolute Gasteiger partial charge is 0.198 e. The van der Waals surface area contributed by atoms with Gasteiger partial charge < -0.3 is 0 Å². The molecule has 1 unspecified atom stereocenters. The zero-order valence-corrected chi connectivity index (χ0v) is 8.14. The zero-order valence-electron chi connectivity index (χ0n) is 8.14. The van der Waals surface area contributed by atoms with Gasteiger partial charge in [0.25, 0.3) is 0 Å². The highest BCUT2D eigenvalue weighted by atomic mass is 14.3. The molecule has 0 aromatic heterocycles.